The number of nitrogens with zero attached hydrogens (tertiary/aromatic N) is 1. The van der Waals surface area contributed by atoms with Gasteiger partial charge >= 0.3 is 5.97 Å². The Hall–Kier alpha value is -2.93. The second kappa shape index (κ2) is 9.28. The highest BCUT2D eigenvalue weighted by molar-refractivity contribution is 7.10. The van der Waals surface area contributed by atoms with Crippen molar-refractivity contribution in [2.45, 2.75) is 38.5 Å². The number of thiophene rings is 1. The molecule has 32 heavy (non-hydrogen) atoms. The van der Waals surface area contributed by atoms with Crippen molar-refractivity contribution < 1.29 is 23.8 Å². The maximum Gasteiger partial charge on any atom is 0.315 e. The van der Waals surface area contributed by atoms with E-state index < -0.39 is 5.92 Å². The third-order valence-electron chi connectivity index (χ3n) is 6.16. The van der Waals surface area contributed by atoms with E-state index in [0.29, 0.717) is 42.2 Å². The number of carbonyl (C=O) groups excluding carboxylic acids is 2. The molecule has 2 heterocycles. The summed E-state index contributed by atoms with van der Waals surface area (Å²) in [7, 11) is 3.20. The Bertz CT molecular complexity index is 1090. The first-order valence-electron chi connectivity index (χ1n) is 10.7. The van der Waals surface area contributed by atoms with Crippen molar-refractivity contribution >= 4 is 28.8 Å². The van der Waals surface area contributed by atoms with Gasteiger partial charge in [-0.2, -0.15) is 0 Å². The first kappa shape index (κ1) is 22.3. The summed E-state index contributed by atoms with van der Waals surface area (Å²) in [6.45, 7) is 3.94. The van der Waals surface area contributed by atoms with Gasteiger partial charge in [0.25, 0.3) is 0 Å². The molecule has 1 aliphatic heterocycles. The van der Waals surface area contributed by atoms with Gasteiger partial charge in [-0.3, -0.25) is 14.6 Å². The Labute approximate surface area is 191 Å². The molecule has 0 N–H and O–H groups in total. The Morgan fingerprint density at radius 1 is 1.16 bits per heavy atom. The van der Waals surface area contributed by atoms with Gasteiger partial charge in [0.15, 0.2) is 17.3 Å². The first-order chi connectivity index (χ1) is 15.5. The molecular formula is C25H27NO5S. The summed E-state index contributed by atoms with van der Waals surface area (Å²) in [4.78, 5) is 32.1. The minimum absolute atomic E-state index is 0.0132. The molecule has 7 heteroatoms. The molecule has 0 amide bonds. The van der Waals surface area contributed by atoms with Gasteiger partial charge < -0.3 is 14.2 Å². The van der Waals surface area contributed by atoms with Crippen molar-refractivity contribution in [3.63, 3.8) is 0 Å². The number of Topliss-reactive ketones (excluding diaryl/α,β-unsaturated/α-hetero) is 1. The lowest BCUT2D eigenvalue weighted by molar-refractivity contribution is -0.146. The van der Waals surface area contributed by atoms with Gasteiger partial charge in [-0.05, 0) is 55.3 Å². The van der Waals surface area contributed by atoms with Crippen LogP contribution in [0.15, 0.2) is 52.0 Å². The third-order valence-corrected chi connectivity index (χ3v) is 7.11. The van der Waals surface area contributed by atoms with Crippen LogP contribution in [0.3, 0.4) is 0 Å². The van der Waals surface area contributed by atoms with Crippen LogP contribution in [0.1, 0.15) is 49.0 Å². The van der Waals surface area contributed by atoms with Crippen LogP contribution in [0.25, 0.3) is 0 Å². The molecule has 4 rings (SSSR count). The molecule has 0 saturated heterocycles. The number of allylic oxidation sites excluding steroid dienone is 2. The zero-order valence-corrected chi connectivity index (χ0v) is 19.5. The van der Waals surface area contributed by atoms with E-state index in [4.69, 9.17) is 19.2 Å². The quantitative estimate of drug-likeness (QED) is 0.582. The van der Waals surface area contributed by atoms with E-state index in [2.05, 4.69) is 0 Å². The van der Waals surface area contributed by atoms with Crippen LogP contribution >= 0.6 is 11.3 Å². The number of ketones is 1. The maximum atomic E-state index is 13.5. The molecule has 2 aromatic rings. The first-order valence-corrected chi connectivity index (χ1v) is 11.6. The fraction of sp³-hybridized carbons (Fsp3) is 0.400. The molecule has 0 radical (unpaired) electrons. The second-order valence-electron chi connectivity index (χ2n) is 7.98. The molecule has 0 fully saturated rings. The molecule has 168 valence electrons. The van der Waals surface area contributed by atoms with Crippen molar-refractivity contribution in [1.82, 2.24) is 0 Å². The zero-order chi connectivity index (χ0) is 22.8. The van der Waals surface area contributed by atoms with E-state index in [1.807, 2.05) is 42.6 Å². The van der Waals surface area contributed by atoms with Crippen LogP contribution in [0, 0.1) is 5.92 Å². The molecular weight excluding hydrogens is 426 g/mol. The van der Waals surface area contributed by atoms with Crippen LogP contribution in [0.2, 0.25) is 0 Å². The highest BCUT2D eigenvalue weighted by atomic mass is 32.1. The summed E-state index contributed by atoms with van der Waals surface area (Å²) in [5.41, 5.74) is 3.14. The molecule has 1 unspecified atom stereocenters. The van der Waals surface area contributed by atoms with Gasteiger partial charge in [0.2, 0.25) is 0 Å². The van der Waals surface area contributed by atoms with Gasteiger partial charge in [0, 0.05) is 34.2 Å². The Balaban J connectivity index is 1.74. The standard InChI is InChI=1S/C25H27NO5S/c1-5-31-25(28)22-14(2)26-17-11-16(15-8-9-19(29-3)20(13-15)30-4)12-18(27)23(17)24(22)21-7-6-10-32-21/h6-10,13,16,22,24H,5,11-12H2,1-4H3/t16-,22?,24+/m1/s1. The zero-order valence-electron chi connectivity index (χ0n) is 18.7. The topological polar surface area (TPSA) is 74.2 Å². The summed E-state index contributed by atoms with van der Waals surface area (Å²) < 4.78 is 16.1. The average molecular weight is 454 g/mol. The van der Waals surface area contributed by atoms with Crippen molar-refractivity contribution in [1.29, 1.82) is 0 Å². The lowest BCUT2D eigenvalue weighted by Crippen LogP contribution is -2.37. The molecule has 0 saturated carbocycles. The van der Waals surface area contributed by atoms with E-state index in [-0.39, 0.29) is 23.6 Å². The average Bonchev–Trinajstić information content (AvgIpc) is 3.32. The monoisotopic (exact) mass is 453 g/mol. The lowest BCUT2D eigenvalue weighted by atomic mass is 9.71. The minimum Gasteiger partial charge on any atom is -0.493 e. The van der Waals surface area contributed by atoms with E-state index in [0.717, 1.165) is 16.1 Å². The lowest BCUT2D eigenvalue weighted by Gasteiger charge is -2.36. The van der Waals surface area contributed by atoms with Crippen LogP contribution in [-0.2, 0) is 14.3 Å². The van der Waals surface area contributed by atoms with Gasteiger partial charge in [-0.25, -0.2) is 0 Å². The number of hydrogen-bond acceptors (Lipinski definition) is 7. The number of carbonyl (C=O) groups is 2. The fourth-order valence-corrected chi connectivity index (χ4v) is 5.59. The smallest absolute Gasteiger partial charge is 0.315 e. The maximum absolute atomic E-state index is 13.5. The minimum atomic E-state index is -0.575. The van der Waals surface area contributed by atoms with Crippen LogP contribution < -0.4 is 9.47 Å². The number of hydrogen-bond donors (Lipinski definition) is 0. The van der Waals surface area contributed by atoms with Gasteiger partial charge in [0.05, 0.1) is 20.8 Å². The summed E-state index contributed by atoms with van der Waals surface area (Å²) >= 11 is 1.56. The summed E-state index contributed by atoms with van der Waals surface area (Å²) in [5, 5.41) is 1.97. The van der Waals surface area contributed by atoms with E-state index >= 15 is 0 Å². The summed E-state index contributed by atoms with van der Waals surface area (Å²) in [5.74, 6) is 0.0674. The van der Waals surface area contributed by atoms with Crippen molar-refractivity contribution in [3.05, 3.63) is 57.4 Å². The molecule has 0 bridgehead atoms. The van der Waals surface area contributed by atoms with E-state index in [1.54, 1.807) is 32.5 Å². The summed E-state index contributed by atoms with van der Waals surface area (Å²) in [6.07, 6.45) is 0.992. The largest absolute Gasteiger partial charge is 0.493 e. The number of aliphatic imine (C=N–C) groups is 1. The molecule has 6 nitrogen and oxygen atoms in total. The van der Waals surface area contributed by atoms with Gasteiger partial charge in [0.1, 0.15) is 5.92 Å². The van der Waals surface area contributed by atoms with Crippen molar-refractivity contribution in [2.24, 2.45) is 10.9 Å². The van der Waals surface area contributed by atoms with Crippen LogP contribution in [0.4, 0.5) is 0 Å². The molecule has 2 aliphatic rings. The highest BCUT2D eigenvalue weighted by Gasteiger charge is 2.45. The van der Waals surface area contributed by atoms with Crippen LogP contribution in [-0.4, -0.2) is 38.3 Å². The van der Waals surface area contributed by atoms with Gasteiger partial charge in [-0.15, -0.1) is 11.3 Å². The van der Waals surface area contributed by atoms with Crippen molar-refractivity contribution in [2.75, 3.05) is 20.8 Å². The fourth-order valence-electron chi connectivity index (χ4n) is 4.72. The SMILES string of the molecule is CCOC(=O)C1C(C)=NC2=C(C(=O)C[C@H](c3ccc(OC)c(OC)c3)C2)[C@H]1c1cccs1. The van der Waals surface area contributed by atoms with Crippen LogP contribution in [0.5, 0.6) is 11.5 Å². The Morgan fingerprint density at radius 3 is 2.59 bits per heavy atom. The second-order valence-corrected chi connectivity index (χ2v) is 8.96. The third kappa shape index (κ3) is 3.97. The number of esters is 1. The normalized spacial score (nSPS) is 22.8. The molecule has 1 aromatic heterocycles. The highest BCUT2D eigenvalue weighted by Crippen LogP contribution is 2.48. The molecule has 1 aromatic carbocycles. The predicted molar refractivity (Wildman–Crippen MR) is 124 cm³/mol. The predicted octanol–water partition coefficient (Wildman–Crippen LogP) is 4.90. The van der Waals surface area contributed by atoms with Crippen molar-refractivity contribution in [3.8, 4) is 11.5 Å². The number of methoxy groups -OCH3 is 2. The Kier molecular flexibility index (Phi) is 6.46. The van der Waals surface area contributed by atoms with Gasteiger partial charge in [-0.1, -0.05) is 12.1 Å². The molecule has 0 spiro atoms. The molecule has 3 atom stereocenters. The number of benzene rings is 1. The molecule has 1 aliphatic carbocycles. The summed E-state index contributed by atoms with van der Waals surface area (Å²) in [6, 6.07) is 9.70. The number of rotatable bonds is 6. The van der Waals surface area contributed by atoms with E-state index in [1.165, 1.54) is 0 Å². The Morgan fingerprint density at radius 2 is 1.94 bits per heavy atom. The van der Waals surface area contributed by atoms with E-state index in [9.17, 15) is 9.59 Å². The number of ether oxygens (including phenoxy) is 3.